The van der Waals surface area contributed by atoms with Gasteiger partial charge < -0.3 is 20.3 Å². The maximum atomic E-state index is 12.1. The zero-order chi connectivity index (χ0) is 17.1. The maximum Gasteiger partial charge on any atom is 0.323 e. The van der Waals surface area contributed by atoms with Crippen LogP contribution in [0, 0.1) is 0 Å². The van der Waals surface area contributed by atoms with Crippen LogP contribution in [0.15, 0.2) is 42.5 Å². The summed E-state index contributed by atoms with van der Waals surface area (Å²) in [7, 11) is 3.34. The number of benzene rings is 2. The van der Waals surface area contributed by atoms with E-state index >= 15 is 0 Å². The SMILES string of the molecule is COc1cccc(NC(=O)Nc2ccc3c(c2)CCC(=O)N3C)c1. The predicted octanol–water partition coefficient (Wildman–Crippen LogP) is 3.25. The first-order valence-electron chi connectivity index (χ1n) is 7.68. The standard InChI is InChI=1S/C18H19N3O3/c1-21-16-8-7-14(10-12(16)6-9-17(21)22)20-18(23)19-13-4-3-5-15(11-13)24-2/h3-5,7-8,10-11H,6,9H2,1-2H3,(H2,19,20,23). The van der Waals surface area contributed by atoms with Gasteiger partial charge in [-0.05, 0) is 42.3 Å². The van der Waals surface area contributed by atoms with Gasteiger partial charge in [0.25, 0.3) is 0 Å². The van der Waals surface area contributed by atoms with Crippen molar-refractivity contribution in [3.63, 3.8) is 0 Å². The van der Waals surface area contributed by atoms with Crippen molar-refractivity contribution in [3.05, 3.63) is 48.0 Å². The number of amides is 3. The highest BCUT2D eigenvalue weighted by Crippen LogP contribution is 2.29. The number of ether oxygens (including phenoxy) is 1. The number of aryl methyl sites for hydroxylation is 1. The summed E-state index contributed by atoms with van der Waals surface area (Å²) >= 11 is 0. The molecule has 24 heavy (non-hydrogen) atoms. The van der Waals surface area contributed by atoms with E-state index in [-0.39, 0.29) is 11.9 Å². The predicted molar refractivity (Wildman–Crippen MR) is 93.8 cm³/mol. The molecule has 2 aromatic carbocycles. The van der Waals surface area contributed by atoms with Gasteiger partial charge in [0.15, 0.2) is 0 Å². The van der Waals surface area contributed by atoms with Crippen LogP contribution in [-0.2, 0) is 11.2 Å². The van der Waals surface area contributed by atoms with Gasteiger partial charge in [-0.15, -0.1) is 0 Å². The molecule has 0 radical (unpaired) electrons. The Labute approximate surface area is 140 Å². The molecule has 0 bridgehead atoms. The fraction of sp³-hybridized carbons (Fsp3) is 0.222. The normalized spacial score (nSPS) is 13.2. The molecule has 6 heteroatoms. The van der Waals surface area contributed by atoms with E-state index in [1.807, 2.05) is 18.2 Å². The third kappa shape index (κ3) is 3.32. The Balaban J connectivity index is 1.69. The summed E-state index contributed by atoms with van der Waals surface area (Å²) in [6, 6.07) is 12.4. The lowest BCUT2D eigenvalue weighted by molar-refractivity contribution is -0.118. The Morgan fingerprint density at radius 1 is 1.08 bits per heavy atom. The van der Waals surface area contributed by atoms with Gasteiger partial charge >= 0.3 is 6.03 Å². The molecule has 1 aliphatic heterocycles. The summed E-state index contributed by atoms with van der Waals surface area (Å²) in [6.45, 7) is 0. The monoisotopic (exact) mass is 325 g/mol. The number of carbonyl (C=O) groups excluding carboxylic acids is 2. The molecule has 0 saturated heterocycles. The van der Waals surface area contributed by atoms with Crippen molar-refractivity contribution in [2.45, 2.75) is 12.8 Å². The minimum atomic E-state index is -0.330. The van der Waals surface area contributed by atoms with Gasteiger partial charge in [0.2, 0.25) is 5.91 Å². The summed E-state index contributed by atoms with van der Waals surface area (Å²) in [5.41, 5.74) is 3.29. The van der Waals surface area contributed by atoms with Crippen LogP contribution in [-0.4, -0.2) is 26.1 Å². The zero-order valence-corrected chi connectivity index (χ0v) is 13.6. The van der Waals surface area contributed by atoms with Crippen molar-refractivity contribution in [2.24, 2.45) is 0 Å². The van der Waals surface area contributed by atoms with Gasteiger partial charge in [-0.1, -0.05) is 6.07 Å². The number of hydrogen-bond donors (Lipinski definition) is 2. The highest BCUT2D eigenvalue weighted by Gasteiger charge is 2.20. The molecule has 3 rings (SSSR count). The summed E-state index contributed by atoms with van der Waals surface area (Å²) in [5, 5.41) is 5.58. The molecule has 0 aromatic heterocycles. The molecule has 0 fully saturated rings. The number of rotatable bonds is 3. The number of anilines is 3. The van der Waals surface area contributed by atoms with Crippen LogP contribution in [0.25, 0.3) is 0 Å². The quantitative estimate of drug-likeness (QED) is 0.910. The minimum Gasteiger partial charge on any atom is -0.497 e. The Kier molecular flexibility index (Phi) is 4.37. The van der Waals surface area contributed by atoms with Crippen LogP contribution >= 0.6 is 0 Å². The molecule has 6 nitrogen and oxygen atoms in total. The van der Waals surface area contributed by atoms with E-state index < -0.39 is 0 Å². The molecule has 2 N–H and O–H groups in total. The van der Waals surface area contributed by atoms with Gasteiger partial charge in [-0.3, -0.25) is 4.79 Å². The van der Waals surface area contributed by atoms with Crippen molar-refractivity contribution in [3.8, 4) is 5.75 Å². The number of methoxy groups -OCH3 is 1. The molecule has 0 aliphatic carbocycles. The molecule has 3 amide bonds. The molecular weight excluding hydrogens is 306 g/mol. The molecule has 2 aromatic rings. The second-order valence-corrected chi connectivity index (χ2v) is 5.61. The fourth-order valence-electron chi connectivity index (χ4n) is 2.73. The van der Waals surface area contributed by atoms with Gasteiger partial charge in [0.05, 0.1) is 7.11 Å². The largest absolute Gasteiger partial charge is 0.497 e. The van der Waals surface area contributed by atoms with Crippen molar-refractivity contribution in [1.29, 1.82) is 0 Å². The summed E-state index contributed by atoms with van der Waals surface area (Å²) < 4.78 is 5.13. The second-order valence-electron chi connectivity index (χ2n) is 5.61. The van der Waals surface area contributed by atoms with E-state index in [9.17, 15) is 9.59 Å². The second kappa shape index (κ2) is 6.62. The molecular formula is C18H19N3O3. The van der Waals surface area contributed by atoms with Gasteiger partial charge in [-0.2, -0.15) is 0 Å². The van der Waals surface area contributed by atoms with Crippen LogP contribution in [0.4, 0.5) is 21.9 Å². The number of carbonyl (C=O) groups is 2. The van der Waals surface area contributed by atoms with E-state index in [2.05, 4.69) is 10.6 Å². The third-order valence-electron chi connectivity index (χ3n) is 4.01. The Bertz CT molecular complexity index is 789. The molecule has 0 unspecified atom stereocenters. The number of nitrogens with zero attached hydrogens (tertiary/aromatic N) is 1. The molecule has 1 aliphatic rings. The Morgan fingerprint density at radius 3 is 2.58 bits per heavy atom. The van der Waals surface area contributed by atoms with E-state index in [1.54, 1.807) is 43.3 Å². The van der Waals surface area contributed by atoms with Crippen molar-refractivity contribution in [2.75, 3.05) is 29.7 Å². The van der Waals surface area contributed by atoms with Gasteiger partial charge in [0, 0.05) is 36.6 Å². The summed E-state index contributed by atoms with van der Waals surface area (Å²) in [5.74, 6) is 0.785. The van der Waals surface area contributed by atoms with Gasteiger partial charge in [0.1, 0.15) is 5.75 Å². The van der Waals surface area contributed by atoms with Crippen LogP contribution in [0.5, 0.6) is 5.75 Å². The smallest absolute Gasteiger partial charge is 0.323 e. The molecule has 0 atom stereocenters. The van der Waals surface area contributed by atoms with E-state index in [0.29, 0.717) is 30.0 Å². The Hall–Kier alpha value is -3.02. The van der Waals surface area contributed by atoms with Crippen LogP contribution in [0.1, 0.15) is 12.0 Å². The average molecular weight is 325 g/mol. The lowest BCUT2D eigenvalue weighted by atomic mass is 10.0. The van der Waals surface area contributed by atoms with Crippen molar-refractivity contribution < 1.29 is 14.3 Å². The molecule has 1 heterocycles. The molecule has 0 spiro atoms. The highest BCUT2D eigenvalue weighted by molar-refractivity contribution is 6.01. The third-order valence-corrected chi connectivity index (χ3v) is 4.01. The van der Waals surface area contributed by atoms with Crippen LogP contribution in [0.3, 0.4) is 0 Å². The van der Waals surface area contributed by atoms with Crippen LogP contribution < -0.4 is 20.3 Å². The zero-order valence-electron chi connectivity index (χ0n) is 13.6. The highest BCUT2D eigenvalue weighted by atomic mass is 16.5. The topological polar surface area (TPSA) is 70.7 Å². The lowest BCUT2D eigenvalue weighted by Crippen LogP contribution is -2.31. The van der Waals surface area contributed by atoms with E-state index in [1.165, 1.54) is 0 Å². The summed E-state index contributed by atoms with van der Waals surface area (Å²) in [6.07, 6.45) is 1.18. The lowest BCUT2D eigenvalue weighted by Gasteiger charge is -2.26. The first-order valence-corrected chi connectivity index (χ1v) is 7.68. The number of hydrogen-bond acceptors (Lipinski definition) is 3. The molecule has 0 saturated carbocycles. The molecule has 124 valence electrons. The number of fused-ring (bicyclic) bond motifs is 1. The van der Waals surface area contributed by atoms with Crippen LogP contribution in [0.2, 0.25) is 0 Å². The first-order chi connectivity index (χ1) is 11.6. The average Bonchev–Trinajstić information content (AvgIpc) is 2.58. The number of urea groups is 1. The van der Waals surface area contributed by atoms with Gasteiger partial charge in [-0.25, -0.2) is 4.79 Å². The Morgan fingerprint density at radius 2 is 1.83 bits per heavy atom. The van der Waals surface area contributed by atoms with Crippen molar-refractivity contribution in [1.82, 2.24) is 0 Å². The summed E-state index contributed by atoms with van der Waals surface area (Å²) in [4.78, 5) is 25.5. The van der Waals surface area contributed by atoms with Crippen molar-refractivity contribution >= 4 is 29.0 Å². The maximum absolute atomic E-state index is 12.1. The van der Waals surface area contributed by atoms with E-state index in [0.717, 1.165) is 11.3 Å². The fourth-order valence-corrected chi connectivity index (χ4v) is 2.73. The minimum absolute atomic E-state index is 0.110. The number of nitrogens with one attached hydrogen (secondary N) is 2. The van der Waals surface area contributed by atoms with E-state index in [4.69, 9.17) is 4.74 Å². The first kappa shape index (κ1) is 15.9.